The van der Waals surface area contributed by atoms with Crippen LogP contribution in [-0.2, 0) is 6.54 Å². The van der Waals surface area contributed by atoms with Crippen molar-refractivity contribution in [3.8, 4) is 11.5 Å². The van der Waals surface area contributed by atoms with E-state index in [-0.39, 0.29) is 5.56 Å². The zero-order valence-electron chi connectivity index (χ0n) is 15.7. The van der Waals surface area contributed by atoms with Gasteiger partial charge < -0.3 is 9.47 Å². The van der Waals surface area contributed by atoms with Gasteiger partial charge in [-0.25, -0.2) is 4.98 Å². The largest absolute Gasteiger partial charge is 0.490 e. The Kier molecular flexibility index (Phi) is 4.49. The number of hydrogen-bond donors (Lipinski definition) is 0. The molecule has 1 fully saturated rings. The molecule has 0 amide bonds. The maximum atomic E-state index is 12.4. The lowest BCUT2D eigenvalue weighted by Crippen LogP contribution is -2.25. The van der Waals surface area contributed by atoms with Crippen LogP contribution in [0.3, 0.4) is 0 Å². The van der Waals surface area contributed by atoms with E-state index in [0.717, 1.165) is 43.0 Å². The second kappa shape index (κ2) is 7.28. The summed E-state index contributed by atoms with van der Waals surface area (Å²) in [6.45, 7) is 3.05. The average molecular weight is 377 g/mol. The van der Waals surface area contributed by atoms with Gasteiger partial charge in [-0.05, 0) is 49.2 Å². The van der Waals surface area contributed by atoms with E-state index in [9.17, 15) is 4.79 Å². The van der Waals surface area contributed by atoms with Gasteiger partial charge in [-0.15, -0.1) is 0 Å². The van der Waals surface area contributed by atoms with Crippen LogP contribution in [0.2, 0.25) is 0 Å². The molecule has 5 rings (SSSR count). The number of ether oxygens (including phenoxy) is 2. The van der Waals surface area contributed by atoms with Crippen molar-refractivity contribution < 1.29 is 9.47 Å². The van der Waals surface area contributed by atoms with Gasteiger partial charge in [-0.2, -0.15) is 0 Å². The fourth-order valence-electron chi connectivity index (χ4n) is 4.17. The third kappa shape index (κ3) is 3.24. The van der Waals surface area contributed by atoms with Crippen molar-refractivity contribution in [2.45, 2.75) is 31.8 Å². The second-order valence-corrected chi connectivity index (χ2v) is 7.40. The van der Waals surface area contributed by atoms with E-state index in [1.807, 2.05) is 24.3 Å². The molecule has 2 aliphatic rings. The van der Waals surface area contributed by atoms with E-state index in [2.05, 4.69) is 22.0 Å². The first-order chi connectivity index (χ1) is 13.8. The Hall–Kier alpha value is -2.86. The fourth-order valence-corrected chi connectivity index (χ4v) is 4.17. The van der Waals surface area contributed by atoms with E-state index in [4.69, 9.17) is 9.47 Å². The van der Waals surface area contributed by atoms with E-state index in [0.29, 0.717) is 31.4 Å². The molecule has 4 heterocycles. The first-order valence-corrected chi connectivity index (χ1v) is 9.89. The van der Waals surface area contributed by atoms with Crippen molar-refractivity contribution >= 4 is 5.65 Å². The van der Waals surface area contributed by atoms with Crippen LogP contribution < -0.4 is 15.0 Å². The maximum absolute atomic E-state index is 12.4. The minimum atomic E-state index is -0.0353. The molecule has 1 unspecified atom stereocenters. The van der Waals surface area contributed by atoms with Crippen molar-refractivity contribution in [2.75, 3.05) is 19.8 Å². The first-order valence-electron chi connectivity index (χ1n) is 9.89. The van der Waals surface area contributed by atoms with Crippen LogP contribution in [0.15, 0.2) is 53.5 Å². The summed E-state index contributed by atoms with van der Waals surface area (Å²) in [7, 11) is 0. The number of hydrogen-bond acceptors (Lipinski definition) is 5. The van der Waals surface area contributed by atoms with E-state index in [1.54, 1.807) is 16.7 Å². The Morgan fingerprint density at radius 3 is 2.86 bits per heavy atom. The minimum absolute atomic E-state index is 0.0353. The number of rotatable bonds is 3. The molecule has 2 aliphatic heterocycles. The second-order valence-electron chi connectivity index (χ2n) is 7.40. The number of aromatic nitrogens is 2. The molecule has 0 N–H and O–H groups in total. The van der Waals surface area contributed by atoms with Gasteiger partial charge in [0.05, 0.1) is 18.9 Å². The third-order valence-electron chi connectivity index (χ3n) is 5.51. The number of likely N-dealkylation sites (tertiary alicyclic amines) is 1. The summed E-state index contributed by atoms with van der Waals surface area (Å²) in [5.74, 6) is 1.67. The molecular weight excluding hydrogens is 354 g/mol. The Balaban J connectivity index is 1.42. The Labute approximate surface area is 163 Å². The molecular formula is C22H23N3O3. The topological polar surface area (TPSA) is 56.1 Å². The van der Waals surface area contributed by atoms with Gasteiger partial charge >= 0.3 is 0 Å². The Morgan fingerprint density at radius 1 is 1.04 bits per heavy atom. The summed E-state index contributed by atoms with van der Waals surface area (Å²) in [6.07, 6.45) is 4.88. The van der Waals surface area contributed by atoms with Crippen molar-refractivity contribution in [1.29, 1.82) is 0 Å². The summed E-state index contributed by atoms with van der Waals surface area (Å²) in [4.78, 5) is 19.5. The monoisotopic (exact) mass is 377 g/mol. The number of nitrogens with zero attached hydrogens (tertiary/aromatic N) is 3. The molecule has 0 radical (unpaired) electrons. The first kappa shape index (κ1) is 17.3. The molecule has 6 heteroatoms. The summed E-state index contributed by atoms with van der Waals surface area (Å²) >= 11 is 0. The van der Waals surface area contributed by atoms with Gasteiger partial charge in [0.2, 0.25) is 0 Å². The minimum Gasteiger partial charge on any atom is -0.490 e. The van der Waals surface area contributed by atoms with Gasteiger partial charge in [0.15, 0.2) is 11.5 Å². The summed E-state index contributed by atoms with van der Waals surface area (Å²) < 4.78 is 13.2. The van der Waals surface area contributed by atoms with Gasteiger partial charge in [0.25, 0.3) is 5.56 Å². The van der Waals surface area contributed by atoms with Crippen molar-refractivity contribution in [3.63, 3.8) is 0 Å². The molecule has 0 bridgehead atoms. The molecule has 28 heavy (non-hydrogen) atoms. The van der Waals surface area contributed by atoms with Crippen LogP contribution >= 0.6 is 0 Å². The zero-order chi connectivity index (χ0) is 18.9. The number of benzene rings is 1. The van der Waals surface area contributed by atoms with Crippen molar-refractivity contribution in [2.24, 2.45) is 0 Å². The number of fused-ring (bicyclic) bond motifs is 2. The average Bonchev–Trinajstić information content (AvgIpc) is 3.03. The van der Waals surface area contributed by atoms with Crippen LogP contribution in [-0.4, -0.2) is 34.0 Å². The highest BCUT2D eigenvalue weighted by atomic mass is 16.5. The van der Waals surface area contributed by atoms with Gasteiger partial charge in [-0.3, -0.25) is 14.1 Å². The maximum Gasteiger partial charge on any atom is 0.258 e. The highest BCUT2D eigenvalue weighted by Crippen LogP contribution is 2.38. The van der Waals surface area contributed by atoms with Crippen LogP contribution in [0.25, 0.3) is 5.65 Å². The summed E-state index contributed by atoms with van der Waals surface area (Å²) in [6, 6.07) is 13.8. The molecule has 0 spiro atoms. The fraction of sp³-hybridized carbons (Fsp3) is 0.364. The van der Waals surface area contributed by atoms with Gasteiger partial charge in [0.1, 0.15) is 5.65 Å². The molecule has 3 aromatic rings. The molecule has 1 aromatic carbocycles. The zero-order valence-corrected chi connectivity index (χ0v) is 15.7. The van der Waals surface area contributed by atoms with Crippen LogP contribution in [0.1, 0.15) is 36.6 Å². The van der Waals surface area contributed by atoms with E-state index < -0.39 is 0 Å². The third-order valence-corrected chi connectivity index (χ3v) is 5.51. The lowest BCUT2D eigenvalue weighted by Gasteiger charge is -2.25. The molecule has 1 saturated heterocycles. The quantitative estimate of drug-likeness (QED) is 0.702. The molecule has 6 nitrogen and oxygen atoms in total. The molecule has 2 aromatic heterocycles. The van der Waals surface area contributed by atoms with Gasteiger partial charge in [0, 0.05) is 31.3 Å². The van der Waals surface area contributed by atoms with E-state index in [1.165, 1.54) is 5.56 Å². The summed E-state index contributed by atoms with van der Waals surface area (Å²) in [5.41, 5.74) is 2.71. The van der Waals surface area contributed by atoms with Crippen LogP contribution in [0.4, 0.5) is 0 Å². The molecule has 1 atom stereocenters. The standard InChI is InChI=1S/C22H23N3O3/c26-22-14-17(23-21-6-1-2-10-25(21)22)15-24-9-3-5-18(24)16-7-8-19-20(13-16)28-12-4-11-27-19/h1-2,6-8,10,13-14,18H,3-5,9,11-12,15H2. The molecule has 0 aliphatic carbocycles. The Bertz CT molecular complexity index is 1060. The van der Waals surface area contributed by atoms with Crippen molar-refractivity contribution in [1.82, 2.24) is 14.3 Å². The lowest BCUT2D eigenvalue weighted by atomic mass is 10.0. The van der Waals surface area contributed by atoms with E-state index >= 15 is 0 Å². The Morgan fingerprint density at radius 2 is 1.93 bits per heavy atom. The highest BCUT2D eigenvalue weighted by molar-refractivity contribution is 5.44. The predicted molar refractivity (Wildman–Crippen MR) is 106 cm³/mol. The van der Waals surface area contributed by atoms with Crippen LogP contribution in [0, 0.1) is 0 Å². The predicted octanol–water partition coefficient (Wildman–Crippen LogP) is 3.19. The normalized spacial score (nSPS) is 19.6. The number of pyridine rings is 1. The lowest BCUT2D eigenvalue weighted by molar-refractivity contribution is 0.244. The highest BCUT2D eigenvalue weighted by Gasteiger charge is 2.27. The van der Waals surface area contributed by atoms with Crippen molar-refractivity contribution in [3.05, 3.63) is 70.3 Å². The molecule has 0 saturated carbocycles. The summed E-state index contributed by atoms with van der Waals surface area (Å²) in [5, 5.41) is 0. The van der Waals surface area contributed by atoms with Gasteiger partial charge in [-0.1, -0.05) is 12.1 Å². The smallest absolute Gasteiger partial charge is 0.258 e. The molecule has 144 valence electrons. The SMILES string of the molecule is O=c1cc(CN2CCCC2c2ccc3c(c2)OCCCO3)nc2ccccn12. The van der Waals surface area contributed by atoms with Crippen LogP contribution in [0.5, 0.6) is 11.5 Å².